The second-order valence-corrected chi connectivity index (χ2v) is 5.73. The number of aryl methyl sites for hydroxylation is 1. The third kappa shape index (κ3) is 3.79. The van der Waals surface area contributed by atoms with Crippen LogP contribution in [-0.4, -0.2) is 17.9 Å². The predicted octanol–water partition coefficient (Wildman–Crippen LogP) is 1.41. The first-order chi connectivity index (χ1) is 8.62. The van der Waals surface area contributed by atoms with Crippen molar-refractivity contribution in [3.63, 3.8) is 0 Å². The Kier molecular flexibility index (Phi) is 4.32. The second kappa shape index (κ2) is 5.40. The van der Waals surface area contributed by atoms with Crippen molar-refractivity contribution in [1.29, 1.82) is 0 Å². The Bertz CT molecular complexity index is 504. The fourth-order valence-electron chi connectivity index (χ4n) is 1.63. The van der Waals surface area contributed by atoms with Gasteiger partial charge in [0.25, 0.3) is 0 Å². The second-order valence-electron chi connectivity index (χ2n) is 5.73. The van der Waals surface area contributed by atoms with Crippen LogP contribution in [0.4, 0.5) is 5.69 Å². The molecule has 2 amide bonds. The van der Waals surface area contributed by atoms with Crippen LogP contribution in [-0.2, 0) is 4.79 Å². The molecule has 104 valence electrons. The first-order valence-electron chi connectivity index (χ1n) is 6.10. The minimum Gasteiger partial charge on any atom is -0.366 e. The molecular formula is C14H21N3O2. The lowest BCUT2D eigenvalue weighted by molar-refractivity contribution is -0.119. The maximum atomic E-state index is 12.0. The Morgan fingerprint density at radius 1 is 1.26 bits per heavy atom. The van der Waals surface area contributed by atoms with Crippen molar-refractivity contribution in [2.75, 3.05) is 5.32 Å². The van der Waals surface area contributed by atoms with Crippen molar-refractivity contribution in [3.05, 3.63) is 29.3 Å². The standard InChI is InChI=1S/C14H21N3O2/c1-8-7-9(5-6-10(8)12(16)18)17-13(19)11(15)14(2,3)4/h5-7,11H,15H2,1-4H3,(H2,16,18)(H,17,19)/t11-/m1/s1. The molecule has 1 rings (SSSR count). The number of nitrogens with one attached hydrogen (secondary N) is 1. The molecule has 5 nitrogen and oxygen atoms in total. The molecule has 0 aromatic heterocycles. The van der Waals surface area contributed by atoms with E-state index in [-0.39, 0.29) is 11.3 Å². The molecule has 19 heavy (non-hydrogen) atoms. The molecule has 0 heterocycles. The van der Waals surface area contributed by atoms with Crippen molar-refractivity contribution in [3.8, 4) is 0 Å². The zero-order chi connectivity index (χ0) is 14.8. The topological polar surface area (TPSA) is 98.2 Å². The van der Waals surface area contributed by atoms with E-state index in [1.54, 1.807) is 25.1 Å². The van der Waals surface area contributed by atoms with E-state index in [0.717, 1.165) is 5.56 Å². The molecule has 5 N–H and O–H groups in total. The highest BCUT2D eigenvalue weighted by Gasteiger charge is 2.27. The summed E-state index contributed by atoms with van der Waals surface area (Å²) in [5, 5.41) is 2.74. The van der Waals surface area contributed by atoms with E-state index in [9.17, 15) is 9.59 Å². The number of rotatable bonds is 3. The van der Waals surface area contributed by atoms with Crippen molar-refractivity contribution < 1.29 is 9.59 Å². The van der Waals surface area contributed by atoms with Gasteiger partial charge in [-0.1, -0.05) is 20.8 Å². The van der Waals surface area contributed by atoms with E-state index in [1.165, 1.54) is 0 Å². The maximum absolute atomic E-state index is 12.0. The van der Waals surface area contributed by atoms with Gasteiger partial charge in [0.05, 0.1) is 6.04 Å². The van der Waals surface area contributed by atoms with Crippen LogP contribution in [0.3, 0.4) is 0 Å². The normalized spacial score (nSPS) is 12.9. The lowest BCUT2D eigenvalue weighted by Crippen LogP contribution is -2.45. The molecule has 0 unspecified atom stereocenters. The van der Waals surface area contributed by atoms with Gasteiger partial charge in [-0.05, 0) is 36.1 Å². The molecule has 0 spiro atoms. The van der Waals surface area contributed by atoms with Crippen LogP contribution in [0.25, 0.3) is 0 Å². The number of primary amides is 1. The molecule has 0 saturated heterocycles. The van der Waals surface area contributed by atoms with Gasteiger partial charge in [-0.3, -0.25) is 9.59 Å². The summed E-state index contributed by atoms with van der Waals surface area (Å²) in [5.41, 5.74) is 12.5. The van der Waals surface area contributed by atoms with Crippen LogP contribution in [0.1, 0.15) is 36.7 Å². The summed E-state index contributed by atoms with van der Waals surface area (Å²) in [4.78, 5) is 23.1. The molecule has 1 aromatic carbocycles. The van der Waals surface area contributed by atoms with Crippen molar-refractivity contribution >= 4 is 17.5 Å². The Labute approximate surface area is 113 Å². The summed E-state index contributed by atoms with van der Waals surface area (Å²) in [6.45, 7) is 7.47. The lowest BCUT2D eigenvalue weighted by Gasteiger charge is -2.25. The number of nitrogens with two attached hydrogens (primary N) is 2. The molecule has 0 saturated carbocycles. The van der Waals surface area contributed by atoms with Gasteiger partial charge in [-0.15, -0.1) is 0 Å². The van der Waals surface area contributed by atoms with E-state index in [4.69, 9.17) is 11.5 Å². The number of hydrogen-bond acceptors (Lipinski definition) is 3. The first kappa shape index (κ1) is 15.2. The molecule has 1 aromatic rings. The van der Waals surface area contributed by atoms with Gasteiger partial charge < -0.3 is 16.8 Å². The number of carbonyl (C=O) groups excluding carboxylic acids is 2. The zero-order valence-electron chi connectivity index (χ0n) is 11.8. The van der Waals surface area contributed by atoms with Gasteiger partial charge in [0.2, 0.25) is 11.8 Å². The number of carbonyl (C=O) groups is 2. The quantitative estimate of drug-likeness (QED) is 0.768. The van der Waals surface area contributed by atoms with Gasteiger partial charge in [0.1, 0.15) is 0 Å². The Hall–Kier alpha value is -1.88. The van der Waals surface area contributed by atoms with E-state index in [2.05, 4.69) is 5.32 Å². The van der Waals surface area contributed by atoms with Crippen LogP contribution in [0.15, 0.2) is 18.2 Å². The number of hydrogen-bond donors (Lipinski definition) is 3. The molecule has 0 fully saturated rings. The highest BCUT2D eigenvalue weighted by atomic mass is 16.2. The Morgan fingerprint density at radius 3 is 2.26 bits per heavy atom. The summed E-state index contributed by atoms with van der Waals surface area (Å²) in [6.07, 6.45) is 0. The molecule has 1 atom stereocenters. The van der Waals surface area contributed by atoms with E-state index < -0.39 is 11.9 Å². The zero-order valence-corrected chi connectivity index (χ0v) is 11.8. The molecule has 0 aliphatic carbocycles. The summed E-state index contributed by atoms with van der Waals surface area (Å²) in [7, 11) is 0. The third-order valence-electron chi connectivity index (χ3n) is 2.97. The highest BCUT2D eigenvalue weighted by molar-refractivity contribution is 5.97. The lowest BCUT2D eigenvalue weighted by atomic mass is 9.87. The Morgan fingerprint density at radius 2 is 1.84 bits per heavy atom. The molecule has 0 radical (unpaired) electrons. The summed E-state index contributed by atoms with van der Waals surface area (Å²) < 4.78 is 0. The fourth-order valence-corrected chi connectivity index (χ4v) is 1.63. The van der Waals surface area contributed by atoms with Crippen LogP contribution >= 0.6 is 0 Å². The maximum Gasteiger partial charge on any atom is 0.248 e. The van der Waals surface area contributed by atoms with Gasteiger partial charge in [-0.25, -0.2) is 0 Å². The van der Waals surface area contributed by atoms with Crippen LogP contribution < -0.4 is 16.8 Å². The van der Waals surface area contributed by atoms with E-state index in [0.29, 0.717) is 11.3 Å². The van der Waals surface area contributed by atoms with Gasteiger partial charge in [0.15, 0.2) is 0 Å². The van der Waals surface area contributed by atoms with Gasteiger partial charge >= 0.3 is 0 Å². The monoisotopic (exact) mass is 263 g/mol. The SMILES string of the molecule is Cc1cc(NC(=O)[C@@H](N)C(C)(C)C)ccc1C(N)=O. The molecular weight excluding hydrogens is 242 g/mol. The number of benzene rings is 1. The van der Waals surface area contributed by atoms with Crippen molar-refractivity contribution in [2.45, 2.75) is 33.7 Å². The van der Waals surface area contributed by atoms with Crippen molar-refractivity contribution in [2.24, 2.45) is 16.9 Å². The first-order valence-corrected chi connectivity index (χ1v) is 6.10. The van der Waals surface area contributed by atoms with Gasteiger partial charge in [0, 0.05) is 11.3 Å². The van der Waals surface area contributed by atoms with Crippen LogP contribution in [0.5, 0.6) is 0 Å². The summed E-state index contributed by atoms with van der Waals surface area (Å²) in [5.74, 6) is -0.736. The molecule has 0 aliphatic rings. The molecule has 0 bridgehead atoms. The average Bonchev–Trinajstić information content (AvgIpc) is 2.26. The van der Waals surface area contributed by atoms with Crippen LogP contribution in [0.2, 0.25) is 0 Å². The minimum absolute atomic E-state index is 0.251. The molecule has 5 heteroatoms. The number of anilines is 1. The predicted molar refractivity (Wildman–Crippen MR) is 75.8 cm³/mol. The summed E-state index contributed by atoms with van der Waals surface area (Å²) in [6, 6.07) is 4.33. The largest absolute Gasteiger partial charge is 0.366 e. The smallest absolute Gasteiger partial charge is 0.248 e. The van der Waals surface area contributed by atoms with Gasteiger partial charge in [-0.2, -0.15) is 0 Å². The minimum atomic E-state index is -0.608. The fraction of sp³-hybridized carbons (Fsp3) is 0.429. The highest BCUT2D eigenvalue weighted by Crippen LogP contribution is 2.20. The van der Waals surface area contributed by atoms with Crippen LogP contribution in [0, 0.1) is 12.3 Å². The van der Waals surface area contributed by atoms with E-state index in [1.807, 2.05) is 20.8 Å². The molecule has 0 aliphatic heterocycles. The number of amides is 2. The summed E-state index contributed by atoms with van der Waals surface area (Å²) >= 11 is 0. The Balaban J connectivity index is 2.87. The average molecular weight is 263 g/mol. The van der Waals surface area contributed by atoms with E-state index >= 15 is 0 Å². The van der Waals surface area contributed by atoms with Crippen molar-refractivity contribution in [1.82, 2.24) is 0 Å². The third-order valence-corrected chi connectivity index (χ3v) is 2.97.